The van der Waals surface area contributed by atoms with E-state index in [1.807, 2.05) is 24.7 Å². The molecule has 0 radical (unpaired) electrons. The van der Waals surface area contributed by atoms with Crippen molar-refractivity contribution in [2.45, 2.75) is 26.4 Å². The van der Waals surface area contributed by atoms with E-state index in [1.54, 1.807) is 6.20 Å². The molecule has 0 saturated carbocycles. The van der Waals surface area contributed by atoms with Gasteiger partial charge in [0.15, 0.2) is 17.5 Å². The molecule has 31 heavy (non-hydrogen) atoms. The summed E-state index contributed by atoms with van der Waals surface area (Å²) < 4.78 is 12.9. The maximum absolute atomic E-state index is 5.45. The van der Waals surface area contributed by atoms with Gasteiger partial charge in [0.05, 0.1) is 12.9 Å². The second-order valence-corrected chi connectivity index (χ2v) is 7.11. The molecule has 0 atom stereocenters. The van der Waals surface area contributed by atoms with Crippen molar-refractivity contribution in [3.8, 4) is 11.5 Å². The van der Waals surface area contributed by atoms with Crippen molar-refractivity contribution < 1.29 is 9.47 Å². The molecule has 2 aromatic carbocycles. The number of nitrogens with zero attached hydrogens (tertiary/aromatic N) is 3. The molecule has 4 rings (SSSR count). The van der Waals surface area contributed by atoms with Gasteiger partial charge in [-0.3, -0.25) is 0 Å². The Morgan fingerprint density at radius 1 is 1.06 bits per heavy atom. The maximum atomic E-state index is 5.45. The first kappa shape index (κ1) is 22.9. The van der Waals surface area contributed by atoms with Gasteiger partial charge < -0.3 is 24.7 Å². The number of nitrogens with one attached hydrogen (secondary N) is 2. The van der Waals surface area contributed by atoms with Crippen LogP contribution in [0.25, 0.3) is 0 Å². The Morgan fingerprint density at radius 3 is 2.77 bits per heavy atom. The van der Waals surface area contributed by atoms with Gasteiger partial charge in [0, 0.05) is 32.0 Å². The molecule has 1 aliphatic heterocycles. The molecule has 8 heteroatoms. The van der Waals surface area contributed by atoms with E-state index in [9.17, 15) is 0 Å². The smallest absolute Gasteiger partial charge is 0.231 e. The summed E-state index contributed by atoms with van der Waals surface area (Å²) in [6.07, 6.45) is 6.48. The molecule has 2 heterocycles. The van der Waals surface area contributed by atoms with Crippen molar-refractivity contribution >= 4 is 29.9 Å². The van der Waals surface area contributed by atoms with Crippen LogP contribution in [0.3, 0.4) is 0 Å². The number of ether oxygens (including phenoxy) is 2. The van der Waals surface area contributed by atoms with Crippen LogP contribution in [-0.4, -0.2) is 35.4 Å². The Kier molecular flexibility index (Phi) is 8.57. The molecule has 1 aromatic heterocycles. The summed E-state index contributed by atoms with van der Waals surface area (Å²) in [7, 11) is 0. The molecular formula is C23H28IN5O2. The number of halogens is 1. The highest BCUT2D eigenvalue weighted by molar-refractivity contribution is 14.0. The van der Waals surface area contributed by atoms with Crippen molar-refractivity contribution in [1.82, 2.24) is 20.2 Å². The minimum Gasteiger partial charge on any atom is -0.454 e. The summed E-state index contributed by atoms with van der Waals surface area (Å²) in [6, 6.07) is 14.6. The summed E-state index contributed by atoms with van der Waals surface area (Å²) >= 11 is 0. The summed E-state index contributed by atoms with van der Waals surface area (Å²) in [4.78, 5) is 8.84. The van der Waals surface area contributed by atoms with Gasteiger partial charge in [-0.25, -0.2) is 9.98 Å². The monoisotopic (exact) mass is 533 g/mol. The number of rotatable bonds is 8. The Hall–Kier alpha value is -2.75. The quantitative estimate of drug-likeness (QED) is 0.263. The minimum absolute atomic E-state index is 0. The zero-order valence-electron chi connectivity index (χ0n) is 17.6. The molecule has 2 N–H and O–H groups in total. The number of imidazole rings is 1. The van der Waals surface area contributed by atoms with Crippen LogP contribution in [-0.2, 0) is 19.5 Å². The molecule has 0 unspecified atom stereocenters. The van der Waals surface area contributed by atoms with Crippen LogP contribution in [0.4, 0.5) is 0 Å². The lowest BCUT2D eigenvalue weighted by atomic mass is 10.1. The van der Waals surface area contributed by atoms with Crippen LogP contribution in [0.15, 0.2) is 66.2 Å². The predicted molar refractivity (Wildman–Crippen MR) is 132 cm³/mol. The lowest BCUT2D eigenvalue weighted by molar-refractivity contribution is 0.174. The molecule has 0 amide bonds. The Bertz CT molecular complexity index is 991. The fraction of sp³-hybridized carbons (Fsp3) is 0.304. The first-order chi connectivity index (χ1) is 14.8. The topological polar surface area (TPSA) is 72.7 Å². The third kappa shape index (κ3) is 6.61. The number of hydrogen-bond acceptors (Lipinski definition) is 4. The number of aliphatic imine (C=N–C) groups is 1. The normalized spacial score (nSPS) is 12.4. The first-order valence-electron chi connectivity index (χ1n) is 10.2. The fourth-order valence-corrected chi connectivity index (χ4v) is 3.35. The Balaban J connectivity index is 0.00000272. The highest BCUT2D eigenvalue weighted by Gasteiger charge is 2.12. The largest absolute Gasteiger partial charge is 0.454 e. The van der Waals surface area contributed by atoms with Gasteiger partial charge in [0.2, 0.25) is 6.79 Å². The molecular weight excluding hydrogens is 505 g/mol. The van der Waals surface area contributed by atoms with E-state index < -0.39 is 0 Å². The second kappa shape index (κ2) is 11.6. The number of fused-ring (bicyclic) bond motifs is 1. The van der Waals surface area contributed by atoms with Crippen LogP contribution in [0, 0.1) is 0 Å². The van der Waals surface area contributed by atoms with Crippen molar-refractivity contribution in [1.29, 1.82) is 0 Å². The van der Waals surface area contributed by atoms with Gasteiger partial charge in [0.1, 0.15) is 0 Å². The van der Waals surface area contributed by atoms with Gasteiger partial charge in [-0.2, -0.15) is 0 Å². The number of hydrogen-bond donors (Lipinski definition) is 2. The van der Waals surface area contributed by atoms with E-state index in [2.05, 4.69) is 57.4 Å². The van der Waals surface area contributed by atoms with Crippen LogP contribution in [0.2, 0.25) is 0 Å². The zero-order chi connectivity index (χ0) is 20.6. The highest BCUT2D eigenvalue weighted by atomic mass is 127. The lowest BCUT2D eigenvalue weighted by Gasteiger charge is -2.12. The van der Waals surface area contributed by atoms with Gasteiger partial charge in [0.25, 0.3) is 0 Å². The van der Waals surface area contributed by atoms with E-state index in [0.29, 0.717) is 13.3 Å². The van der Waals surface area contributed by atoms with Crippen molar-refractivity contribution in [2.24, 2.45) is 4.99 Å². The molecule has 0 aliphatic carbocycles. The molecule has 1 aliphatic rings. The van der Waals surface area contributed by atoms with Gasteiger partial charge in [-0.05, 0) is 42.2 Å². The van der Waals surface area contributed by atoms with Gasteiger partial charge >= 0.3 is 0 Å². The molecule has 3 aromatic rings. The molecule has 0 spiro atoms. The summed E-state index contributed by atoms with van der Waals surface area (Å²) in [5, 5.41) is 6.73. The number of benzene rings is 2. The van der Waals surface area contributed by atoms with Crippen molar-refractivity contribution in [2.75, 3.05) is 19.9 Å². The Morgan fingerprint density at radius 2 is 1.94 bits per heavy atom. The van der Waals surface area contributed by atoms with Crippen LogP contribution >= 0.6 is 24.0 Å². The molecule has 0 bridgehead atoms. The fourth-order valence-electron chi connectivity index (χ4n) is 3.35. The first-order valence-corrected chi connectivity index (χ1v) is 10.2. The molecule has 0 fully saturated rings. The summed E-state index contributed by atoms with van der Waals surface area (Å²) in [6.45, 7) is 5.41. The van der Waals surface area contributed by atoms with Crippen LogP contribution in [0.1, 0.15) is 23.6 Å². The van der Waals surface area contributed by atoms with E-state index in [-0.39, 0.29) is 24.0 Å². The zero-order valence-corrected chi connectivity index (χ0v) is 19.9. The third-order valence-electron chi connectivity index (χ3n) is 4.82. The average Bonchev–Trinajstić information content (AvgIpc) is 3.44. The van der Waals surface area contributed by atoms with E-state index in [0.717, 1.165) is 43.5 Å². The van der Waals surface area contributed by atoms with Crippen LogP contribution < -0.4 is 20.1 Å². The average molecular weight is 533 g/mol. The van der Waals surface area contributed by atoms with E-state index in [4.69, 9.17) is 14.5 Å². The van der Waals surface area contributed by atoms with Gasteiger partial charge in [-0.1, -0.05) is 30.3 Å². The van der Waals surface area contributed by atoms with E-state index >= 15 is 0 Å². The number of aromatic nitrogens is 2. The summed E-state index contributed by atoms with van der Waals surface area (Å²) in [5.74, 6) is 2.46. The lowest BCUT2D eigenvalue weighted by Crippen LogP contribution is -2.38. The molecule has 0 saturated heterocycles. The van der Waals surface area contributed by atoms with E-state index in [1.165, 1.54) is 16.7 Å². The summed E-state index contributed by atoms with van der Waals surface area (Å²) in [5.41, 5.74) is 3.62. The highest BCUT2D eigenvalue weighted by Crippen LogP contribution is 2.32. The molecule has 164 valence electrons. The third-order valence-corrected chi connectivity index (χ3v) is 4.82. The predicted octanol–water partition coefficient (Wildman–Crippen LogP) is 3.58. The van der Waals surface area contributed by atoms with Gasteiger partial charge in [-0.15, -0.1) is 24.0 Å². The van der Waals surface area contributed by atoms with Crippen LogP contribution in [0.5, 0.6) is 11.5 Å². The standard InChI is InChI=1S/C23H27N5O2.HI/c1-2-25-23(26-9-8-18-6-7-21-22(13-18)30-17-29-21)27-14-19-4-3-5-20(12-19)15-28-11-10-24-16-28;/h3-7,10-13,16H,2,8-9,14-15,17H2,1H3,(H2,25,26,27);1H. The molecule has 7 nitrogen and oxygen atoms in total. The maximum Gasteiger partial charge on any atom is 0.231 e. The minimum atomic E-state index is 0. The number of guanidine groups is 1. The van der Waals surface area contributed by atoms with Crippen molar-refractivity contribution in [3.05, 3.63) is 77.9 Å². The Labute approximate surface area is 199 Å². The van der Waals surface area contributed by atoms with Crippen molar-refractivity contribution in [3.63, 3.8) is 0 Å². The SMILES string of the molecule is CCNC(=NCc1cccc(Cn2ccnc2)c1)NCCc1ccc2c(c1)OCO2.I. The second-order valence-electron chi connectivity index (χ2n) is 7.11.